The van der Waals surface area contributed by atoms with Gasteiger partial charge in [-0.25, -0.2) is 0 Å². The highest BCUT2D eigenvalue weighted by molar-refractivity contribution is 5.35. The summed E-state index contributed by atoms with van der Waals surface area (Å²) >= 11 is 0. The molecule has 2 unspecified atom stereocenters. The zero-order chi connectivity index (χ0) is 13.0. The van der Waals surface area contributed by atoms with Crippen LogP contribution < -0.4 is 5.73 Å². The van der Waals surface area contributed by atoms with Crippen molar-refractivity contribution in [3.8, 4) is 5.75 Å². The highest BCUT2D eigenvalue weighted by atomic mass is 16.3. The van der Waals surface area contributed by atoms with E-state index in [4.69, 9.17) is 5.73 Å². The average molecular weight is 238 g/mol. The molecule has 0 aliphatic heterocycles. The number of rotatable bonds is 5. The lowest BCUT2D eigenvalue weighted by Crippen LogP contribution is -2.32. The van der Waals surface area contributed by atoms with E-state index in [1.54, 1.807) is 18.2 Å². The topological polar surface area (TPSA) is 69.7 Å². The standard InChI is InChI=1S/C13H22N2O2/c1-9-8-10(16)4-5-11(9)13(17)12(14)6-7-15(2)3/h4-5,8,12-13,16-17H,6-7,14H2,1-3H3. The van der Waals surface area contributed by atoms with Crippen LogP contribution in [0.5, 0.6) is 5.75 Å². The second-order valence-corrected chi connectivity index (χ2v) is 4.74. The van der Waals surface area contributed by atoms with Gasteiger partial charge in [0.05, 0.1) is 6.10 Å². The molecule has 4 N–H and O–H groups in total. The summed E-state index contributed by atoms with van der Waals surface area (Å²) in [5.41, 5.74) is 7.61. The first kappa shape index (κ1) is 14.0. The van der Waals surface area contributed by atoms with Gasteiger partial charge in [0.2, 0.25) is 0 Å². The maximum atomic E-state index is 10.1. The minimum Gasteiger partial charge on any atom is -0.508 e. The van der Waals surface area contributed by atoms with E-state index < -0.39 is 6.10 Å². The molecule has 0 spiro atoms. The van der Waals surface area contributed by atoms with Crippen molar-refractivity contribution in [3.05, 3.63) is 29.3 Å². The van der Waals surface area contributed by atoms with Gasteiger partial charge >= 0.3 is 0 Å². The van der Waals surface area contributed by atoms with Gasteiger partial charge in [-0.3, -0.25) is 0 Å². The third-order valence-electron chi connectivity index (χ3n) is 2.89. The fourth-order valence-electron chi connectivity index (χ4n) is 1.79. The van der Waals surface area contributed by atoms with Crippen molar-refractivity contribution < 1.29 is 10.2 Å². The Bertz CT molecular complexity index is 366. The lowest BCUT2D eigenvalue weighted by atomic mass is 9.96. The van der Waals surface area contributed by atoms with E-state index in [2.05, 4.69) is 0 Å². The van der Waals surface area contributed by atoms with Gasteiger partial charge in [0.1, 0.15) is 5.75 Å². The quantitative estimate of drug-likeness (QED) is 0.716. The summed E-state index contributed by atoms with van der Waals surface area (Å²) in [6.45, 7) is 2.70. The Hall–Kier alpha value is -1.10. The van der Waals surface area contributed by atoms with Crippen molar-refractivity contribution in [1.82, 2.24) is 4.90 Å². The van der Waals surface area contributed by atoms with E-state index >= 15 is 0 Å². The second-order valence-electron chi connectivity index (χ2n) is 4.74. The molecular weight excluding hydrogens is 216 g/mol. The van der Waals surface area contributed by atoms with Crippen molar-refractivity contribution in [2.75, 3.05) is 20.6 Å². The molecule has 1 aromatic rings. The van der Waals surface area contributed by atoms with Crippen LogP contribution in [0.15, 0.2) is 18.2 Å². The number of phenolic OH excluding ortho intramolecular Hbond substituents is 1. The first-order valence-electron chi connectivity index (χ1n) is 5.79. The molecule has 1 rings (SSSR count). The zero-order valence-electron chi connectivity index (χ0n) is 10.7. The van der Waals surface area contributed by atoms with Crippen LogP contribution in [0, 0.1) is 6.92 Å². The summed E-state index contributed by atoms with van der Waals surface area (Å²) in [5.74, 6) is 0.209. The molecule has 0 aliphatic rings. The van der Waals surface area contributed by atoms with Gasteiger partial charge < -0.3 is 20.8 Å². The molecule has 96 valence electrons. The molecular formula is C13H22N2O2. The lowest BCUT2D eigenvalue weighted by molar-refractivity contribution is 0.137. The third kappa shape index (κ3) is 4.00. The van der Waals surface area contributed by atoms with E-state index in [0.717, 1.165) is 24.1 Å². The summed E-state index contributed by atoms with van der Waals surface area (Å²) in [4.78, 5) is 2.04. The summed E-state index contributed by atoms with van der Waals surface area (Å²) in [7, 11) is 3.95. The summed E-state index contributed by atoms with van der Waals surface area (Å²) in [6, 6.07) is 4.65. The lowest BCUT2D eigenvalue weighted by Gasteiger charge is -2.22. The fourth-order valence-corrected chi connectivity index (χ4v) is 1.79. The first-order valence-corrected chi connectivity index (χ1v) is 5.79. The summed E-state index contributed by atoms with van der Waals surface area (Å²) in [5, 5.41) is 19.5. The fraction of sp³-hybridized carbons (Fsp3) is 0.538. The Morgan fingerprint density at radius 1 is 1.35 bits per heavy atom. The predicted octanol–water partition coefficient (Wildman–Crippen LogP) is 1.01. The van der Waals surface area contributed by atoms with Crippen LogP contribution in [-0.4, -0.2) is 41.8 Å². The van der Waals surface area contributed by atoms with Crippen molar-refractivity contribution in [2.45, 2.75) is 25.5 Å². The van der Waals surface area contributed by atoms with Gasteiger partial charge in [-0.15, -0.1) is 0 Å². The van der Waals surface area contributed by atoms with Gasteiger partial charge in [0, 0.05) is 6.04 Å². The highest BCUT2D eigenvalue weighted by Gasteiger charge is 2.18. The molecule has 0 aliphatic carbocycles. The van der Waals surface area contributed by atoms with E-state index in [1.165, 1.54) is 0 Å². The molecule has 0 heterocycles. The Morgan fingerprint density at radius 2 is 2.00 bits per heavy atom. The van der Waals surface area contributed by atoms with Crippen molar-refractivity contribution in [3.63, 3.8) is 0 Å². The SMILES string of the molecule is Cc1cc(O)ccc1C(O)C(N)CCN(C)C. The monoisotopic (exact) mass is 238 g/mol. The Kier molecular flexibility index (Phi) is 4.93. The molecule has 0 amide bonds. The first-order chi connectivity index (χ1) is 7.91. The van der Waals surface area contributed by atoms with Gasteiger partial charge in [-0.05, 0) is 57.2 Å². The normalized spacial score (nSPS) is 14.9. The second kappa shape index (κ2) is 6.00. The molecule has 0 saturated carbocycles. The van der Waals surface area contributed by atoms with Crippen LogP contribution in [-0.2, 0) is 0 Å². The summed E-state index contributed by atoms with van der Waals surface area (Å²) < 4.78 is 0. The van der Waals surface area contributed by atoms with E-state index in [1.807, 2.05) is 25.9 Å². The van der Waals surface area contributed by atoms with E-state index in [9.17, 15) is 10.2 Å². The number of aryl methyl sites for hydroxylation is 1. The summed E-state index contributed by atoms with van der Waals surface area (Å²) in [6.07, 6.45) is 0.0460. The Labute approximate surface area is 103 Å². The van der Waals surface area contributed by atoms with Gasteiger partial charge in [0.25, 0.3) is 0 Å². The van der Waals surface area contributed by atoms with Crippen LogP contribution in [0.1, 0.15) is 23.7 Å². The van der Waals surface area contributed by atoms with E-state index in [0.29, 0.717) is 0 Å². The van der Waals surface area contributed by atoms with Gasteiger partial charge in [0.15, 0.2) is 0 Å². The molecule has 0 saturated heterocycles. The molecule has 17 heavy (non-hydrogen) atoms. The maximum Gasteiger partial charge on any atom is 0.115 e. The third-order valence-corrected chi connectivity index (χ3v) is 2.89. The highest BCUT2D eigenvalue weighted by Crippen LogP contribution is 2.24. The molecule has 4 nitrogen and oxygen atoms in total. The zero-order valence-corrected chi connectivity index (χ0v) is 10.7. The molecule has 0 bridgehead atoms. The molecule has 4 heteroatoms. The maximum absolute atomic E-state index is 10.1. The van der Waals surface area contributed by atoms with Crippen molar-refractivity contribution in [1.29, 1.82) is 0 Å². The minimum absolute atomic E-state index is 0.209. The molecule has 1 aromatic carbocycles. The van der Waals surface area contributed by atoms with Gasteiger partial charge in [-0.2, -0.15) is 0 Å². The number of hydrogen-bond donors (Lipinski definition) is 3. The number of nitrogens with two attached hydrogens (primary N) is 1. The number of phenols is 1. The van der Waals surface area contributed by atoms with Crippen LogP contribution >= 0.6 is 0 Å². The van der Waals surface area contributed by atoms with Crippen LogP contribution in [0.25, 0.3) is 0 Å². The molecule has 0 aromatic heterocycles. The molecule has 2 atom stereocenters. The van der Waals surface area contributed by atoms with Crippen LogP contribution in [0.3, 0.4) is 0 Å². The van der Waals surface area contributed by atoms with Crippen molar-refractivity contribution in [2.24, 2.45) is 5.73 Å². The molecule has 0 radical (unpaired) electrons. The number of aliphatic hydroxyl groups excluding tert-OH is 1. The van der Waals surface area contributed by atoms with Gasteiger partial charge in [-0.1, -0.05) is 6.07 Å². The van der Waals surface area contributed by atoms with Crippen molar-refractivity contribution >= 4 is 0 Å². The predicted molar refractivity (Wildman–Crippen MR) is 69.0 cm³/mol. The van der Waals surface area contributed by atoms with Crippen LogP contribution in [0.4, 0.5) is 0 Å². The average Bonchev–Trinajstić information content (AvgIpc) is 2.25. The number of hydrogen-bond acceptors (Lipinski definition) is 4. The number of benzene rings is 1. The minimum atomic E-state index is -0.685. The number of nitrogens with zero attached hydrogens (tertiary/aromatic N) is 1. The Balaban J connectivity index is 2.71. The smallest absolute Gasteiger partial charge is 0.115 e. The van der Waals surface area contributed by atoms with E-state index in [-0.39, 0.29) is 11.8 Å². The molecule has 0 fully saturated rings. The number of aromatic hydroxyl groups is 1. The largest absolute Gasteiger partial charge is 0.508 e. The Morgan fingerprint density at radius 3 is 2.53 bits per heavy atom. The van der Waals surface area contributed by atoms with Crippen LogP contribution in [0.2, 0.25) is 0 Å². The number of aliphatic hydroxyl groups is 1.